The quantitative estimate of drug-likeness (QED) is 0.743. The van der Waals surface area contributed by atoms with Gasteiger partial charge in [0, 0.05) is 31.8 Å². The Labute approximate surface area is 93.8 Å². The minimum atomic E-state index is -0.150. The van der Waals surface area contributed by atoms with E-state index in [2.05, 4.69) is 15.4 Å². The van der Waals surface area contributed by atoms with Crippen molar-refractivity contribution in [2.75, 3.05) is 12.4 Å². The molecule has 1 rings (SSSR count). The van der Waals surface area contributed by atoms with Crippen LogP contribution < -0.4 is 5.32 Å². The number of amides is 1. The lowest BCUT2D eigenvalue weighted by molar-refractivity contribution is -0.123. The zero-order chi connectivity index (χ0) is 11.3. The first-order chi connectivity index (χ1) is 7.13. The average Bonchev–Trinajstić information content (AvgIpc) is 2.63. The maximum absolute atomic E-state index is 11.3. The van der Waals surface area contributed by atoms with Gasteiger partial charge in [-0.25, -0.2) is 4.98 Å². The van der Waals surface area contributed by atoms with Crippen molar-refractivity contribution >= 4 is 17.5 Å². The molecule has 0 radical (unpaired) electrons. The lowest BCUT2D eigenvalue weighted by Crippen LogP contribution is -2.31. The Balaban J connectivity index is 2.24. The van der Waals surface area contributed by atoms with Gasteiger partial charge in [0.05, 0.1) is 0 Å². The van der Waals surface area contributed by atoms with E-state index in [9.17, 15) is 4.79 Å². The van der Waals surface area contributed by atoms with Crippen molar-refractivity contribution in [1.29, 1.82) is 0 Å². The van der Waals surface area contributed by atoms with Crippen LogP contribution in [0.5, 0.6) is 0 Å². The normalized spacial score (nSPS) is 12.5. The number of aromatic nitrogens is 3. The molecule has 0 fully saturated rings. The van der Waals surface area contributed by atoms with E-state index in [-0.39, 0.29) is 11.8 Å². The fourth-order valence-corrected chi connectivity index (χ4v) is 1.18. The van der Waals surface area contributed by atoms with Crippen molar-refractivity contribution in [2.24, 2.45) is 13.0 Å². The number of aryl methyl sites for hydroxylation is 1. The van der Waals surface area contributed by atoms with Crippen LogP contribution in [-0.4, -0.2) is 33.1 Å². The summed E-state index contributed by atoms with van der Waals surface area (Å²) in [7, 11) is 1.81. The Morgan fingerprint density at radius 1 is 1.73 bits per heavy atom. The topological polar surface area (TPSA) is 59.8 Å². The summed E-state index contributed by atoms with van der Waals surface area (Å²) in [5.74, 6) is 0.897. The second kappa shape index (κ2) is 5.70. The van der Waals surface area contributed by atoms with E-state index in [1.165, 1.54) is 0 Å². The highest BCUT2D eigenvalue weighted by atomic mass is 35.5. The van der Waals surface area contributed by atoms with Gasteiger partial charge in [-0.05, 0) is 0 Å². The maximum atomic E-state index is 11.3. The highest BCUT2D eigenvalue weighted by Gasteiger charge is 2.10. The van der Waals surface area contributed by atoms with Crippen molar-refractivity contribution in [3.8, 4) is 0 Å². The number of alkyl halides is 1. The third-order valence-corrected chi connectivity index (χ3v) is 2.44. The Hall–Kier alpha value is -1.10. The zero-order valence-electron chi connectivity index (χ0n) is 8.90. The summed E-state index contributed by atoms with van der Waals surface area (Å²) in [5, 5.41) is 6.88. The van der Waals surface area contributed by atoms with Gasteiger partial charge in [-0.1, -0.05) is 6.92 Å². The van der Waals surface area contributed by atoms with Gasteiger partial charge in [0.25, 0.3) is 0 Å². The summed E-state index contributed by atoms with van der Waals surface area (Å²) in [6, 6.07) is 0. The van der Waals surface area contributed by atoms with Gasteiger partial charge < -0.3 is 5.32 Å². The Bertz CT molecular complexity index is 326. The molecule has 15 heavy (non-hydrogen) atoms. The van der Waals surface area contributed by atoms with Crippen LogP contribution in [0.3, 0.4) is 0 Å². The molecule has 6 heteroatoms. The number of rotatable bonds is 5. The molecule has 84 valence electrons. The summed E-state index contributed by atoms with van der Waals surface area (Å²) < 4.78 is 1.64. The fraction of sp³-hybridized carbons (Fsp3) is 0.667. The average molecular weight is 231 g/mol. The minimum absolute atomic E-state index is 0.0269. The Morgan fingerprint density at radius 3 is 3.00 bits per heavy atom. The highest BCUT2D eigenvalue weighted by Crippen LogP contribution is 1.97. The van der Waals surface area contributed by atoms with Gasteiger partial charge in [0.1, 0.15) is 6.33 Å². The van der Waals surface area contributed by atoms with E-state index < -0.39 is 0 Å². The van der Waals surface area contributed by atoms with Crippen LogP contribution in [0, 0.1) is 5.92 Å². The van der Waals surface area contributed by atoms with Gasteiger partial charge in [0.2, 0.25) is 5.91 Å². The molecule has 0 saturated heterocycles. The molecule has 0 bridgehead atoms. The molecular formula is C9H15ClN4O. The number of hydrogen-bond donors (Lipinski definition) is 1. The molecule has 0 aliphatic rings. The molecule has 1 amide bonds. The molecule has 0 aliphatic carbocycles. The molecule has 1 atom stereocenters. The minimum Gasteiger partial charge on any atom is -0.355 e. The predicted octanol–water partition coefficient (Wildman–Crippen LogP) is 0.349. The third-order valence-electron chi connectivity index (χ3n) is 1.97. The third kappa shape index (κ3) is 3.87. The van der Waals surface area contributed by atoms with Gasteiger partial charge in [-0.3, -0.25) is 9.48 Å². The van der Waals surface area contributed by atoms with Crippen molar-refractivity contribution < 1.29 is 4.79 Å². The van der Waals surface area contributed by atoms with Crippen molar-refractivity contribution in [1.82, 2.24) is 20.1 Å². The Kier molecular flexibility index (Phi) is 4.55. The molecule has 5 nitrogen and oxygen atoms in total. The summed E-state index contributed by atoms with van der Waals surface area (Å²) in [6.45, 7) is 2.34. The number of nitrogens with one attached hydrogen (secondary N) is 1. The van der Waals surface area contributed by atoms with Gasteiger partial charge in [-0.15, -0.1) is 11.6 Å². The molecule has 0 spiro atoms. The lowest BCUT2D eigenvalue weighted by atomic mass is 10.2. The van der Waals surface area contributed by atoms with Crippen LogP contribution in [0.1, 0.15) is 12.7 Å². The fourth-order valence-electron chi connectivity index (χ4n) is 1.04. The van der Waals surface area contributed by atoms with Crippen LogP contribution >= 0.6 is 11.6 Å². The second-order valence-corrected chi connectivity index (χ2v) is 3.74. The van der Waals surface area contributed by atoms with Crippen LogP contribution in [-0.2, 0) is 18.3 Å². The van der Waals surface area contributed by atoms with Gasteiger partial charge in [0.15, 0.2) is 5.82 Å². The number of carbonyl (C=O) groups excluding carboxylic acids is 1. The van der Waals surface area contributed by atoms with E-state index in [0.717, 1.165) is 5.82 Å². The summed E-state index contributed by atoms with van der Waals surface area (Å²) >= 11 is 5.56. The first-order valence-electron chi connectivity index (χ1n) is 4.81. The molecule has 1 N–H and O–H groups in total. The van der Waals surface area contributed by atoms with Crippen LogP contribution in [0.4, 0.5) is 0 Å². The monoisotopic (exact) mass is 230 g/mol. The van der Waals surface area contributed by atoms with E-state index in [0.29, 0.717) is 18.8 Å². The SMILES string of the molecule is CC(CCl)C(=O)NCCc1ncn(C)n1. The lowest BCUT2D eigenvalue weighted by Gasteiger charge is -2.07. The summed E-state index contributed by atoms with van der Waals surface area (Å²) in [4.78, 5) is 15.4. The van der Waals surface area contributed by atoms with E-state index >= 15 is 0 Å². The summed E-state index contributed by atoms with van der Waals surface area (Å²) in [5.41, 5.74) is 0. The number of hydrogen-bond acceptors (Lipinski definition) is 3. The molecule has 1 aromatic rings. The predicted molar refractivity (Wildman–Crippen MR) is 57.6 cm³/mol. The van der Waals surface area contributed by atoms with Crippen molar-refractivity contribution in [3.05, 3.63) is 12.2 Å². The highest BCUT2D eigenvalue weighted by molar-refractivity contribution is 6.19. The van der Waals surface area contributed by atoms with E-state index in [4.69, 9.17) is 11.6 Å². The molecular weight excluding hydrogens is 216 g/mol. The largest absolute Gasteiger partial charge is 0.355 e. The smallest absolute Gasteiger partial charge is 0.224 e. The molecule has 0 aliphatic heterocycles. The second-order valence-electron chi connectivity index (χ2n) is 3.43. The van der Waals surface area contributed by atoms with Crippen LogP contribution in [0.15, 0.2) is 6.33 Å². The summed E-state index contributed by atoms with van der Waals surface area (Å²) in [6.07, 6.45) is 2.28. The first kappa shape index (κ1) is 12.0. The van der Waals surface area contributed by atoms with Crippen LogP contribution in [0.25, 0.3) is 0 Å². The first-order valence-corrected chi connectivity index (χ1v) is 5.35. The standard InChI is InChI=1S/C9H15ClN4O/c1-7(5-10)9(15)11-4-3-8-12-6-14(2)13-8/h6-7H,3-5H2,1-2H3,(H,11,15). The van der Waals surface area contributed by atoms with E-state index in [1.54, 1.807) is 17.9 Å². The van der Waals surface area contributed by atoms with Gasteiger partial charge in [-0.2, -0.15) is 5.10 Å². The molecule has 0 aromatic carbocycles. The number of halogens is 1. The van der Waals surface area contributed by atoms with Crippen molar-refractivity contribution in [3.63, 3.8) is 0 Å². The molecule has 0 saturated carbocycles. The van der Waals surface area contributed by atoms with Crippen LogP contribution in [0.2, 0.25) is 0 Å². The van der Waals surface area contributed by atoms with E-state index in [1.807, 2.05) is 7.05 Å². The Morgan fingerprint density at radius 2 is 2.47 bits per heavy atom. The molecule has 1 unspecified atom stereocenters. The number of nitrogens with zero attached hydrogens (tertiary/aromatic N) is 3. The molecule has 1 heterocycles. The maximum Gasteiger partial charge on any atom is 0.224 e. The van der Waals surface area contributed by atoms with Crippen molar-refractivity contribution in [2.45, 2.75) is 13.3 Å². The van der Waals surface area contributed by atoms with Gasteiger partial charge >= 0.3 is 0 Å². The zero-order valence-corrected chi connectivity index (χ0v) is 9.66. The number of carbonyl (C=O) groups is 1. The molecule has 1 aromatic heterocycles.